The molecule has 79 heavy (non-hydrogen) atoms. The molecular weight excluding hydrogens is 997 g/mol. The van der Waals surface area contributed by atoms with Gasteiger partial charge in [-0.3, -0.25) is 4.79 Å². The van der Waals surface area contributed by atoms with Crippen molar-refractivity contribution in [3.63, 3.8) is 0 Å². The Morgan fingerprint density at radius 1 is 0.354 bits per heavy atom. The van der Waals surface area contributed by atoms with Gasteiger partial charge in [0, 0.05) is 6.42 Å². The van der Waals surface area contributed by atoms with Crippen molar-refractivity contribution < 1.29 is 56.9 Å². The first-order valence-corrected chi connectivity index (χ1v) is 27.7. The van der Waals surface area contributed by atoms with Gasteiger partial charge in [-0.2, -0.15) is 0 Å². The van der Waals surface area contributed by atoms with Crippen LogP contribution in [0, 0.1) is 0 Å². The van der Waals surface area contributed by atoms with Crippen LogP contribution >= 0.6 is 0 Å². The van der Waals surface area contributed by atoms with Gasteiger partial charge in [0.05, 0.1) is 52.9 Å². The van der Waals surface area contributed by atoms with Crippen molar-refractivity contribution in [1.29, 1.82) is 0 Å². The predicted octanol–water partition coefficient (Wildman–Crippen LogP) is 12.3. The summed E-state index contributed by atoms with van der Waals surface area (Å²) < 4.78 is 76.6. The first-order valence-electron chi connectivity index (χ1n) is 27.7. The molecule has 414 valence electrons. The maximum absolute atomic E-state index is 13.5. The van der Waals surface area contributed by atoms with E-state index in [-0.39, 0.29) is 65.2 Å². The standard InChI is InChI=1S/C67H74O12/c1-2-3-11-40-59(68)70-49-58-61(72-43-52-30-16-6-17-31-52)63(74-45-54-34-20-8-21-35-54)65(76-47-56-38-24-10-25-39-56)67(78-58)79-66-64(75-46-55-36-22-9-23-37-55)62(73-44-53-32-18-7-19-33-53)60(71-42-51-28-14-5-15-29-51)57(77-66)48-69-41-50-26-12-4-13-27-50/h4-10,12-39,57-58,60-67H,2-3,11,40-49H2,1H3. The van der Waals surface area contributed by atoms with E-state index in [1.165, 1.54) is 0 Å². The molecule has 0 bridgehead atoms. The SMILES string of the molecule is CCCCCC(=O)OCC1OC(OC2OC(COCc3ccccc3)C(OCc3ccccc3)C(OCc3ccccc3)C2OCc2ccccc2)C(OCc2ccccc2)C(OCc2ccccc2)C1OCc1ccccc1. The molecule has 0 spiro atoms. The van der Waals surface area contributed by atoms with Gasteiger partial charge in [-0.15, -0.1) is 0 Å². The number of carbonyl (C=O) groups is 1. The summed E-state index contributed by atoms with van der Waals surface area (Å²) in [6, 6.07) is 69.8. The summed E-state index contributed by atoms with van der Waals surface area (Å²) in [5.41, 5.74) is 6.69. The lowest BCUT2D eigenvalue weighted by molar-refractivity contribution is -0.394. The highest BCUT2D eigenvalue weighted by Gasteiger charge is 2.54. The molecule has 0 saturated carbocycles. The Morgan fingerprint density at radius 3 is 0.975 bits per heavy atom. The smallest absolute Gasteiger partial charge is 0.305 e. The van der Waals surface area contributed by atoms with Crippen LogP contribution in [0.15, 0.2) is 212 Å². The Bertz CT molecular complexity index is 2740. The van der Waals surface area contributed by atoms with Gasteiger partial charge in [-0.25, -0.2) is 0 Å². The molecule has 2 heterocycles. The van der Waals surface area contributed by atoms with Gasteiger partial charge in [-0.05, 0) is 45.4 Å². The number of unbranched alkanes of at least 4 members (excludes halogenated alkanes) is 2. The second-order valence-corrected chi connectivity index (χ2v) is 19.9. The highest BCUT2D eigenvalue weighted by Crippen LogP contribution is 2.37. The molecule has 10 atom stereocenters. The summed E-state index contributed by atoms with van der Waals surface area (Å²) in [6.07, 6.45) is -6.28. The molecule has 0 radical (unpaired) electrons. The van der Waals surface area contributed by atoms with Gasteiger partial charge < -0.3 is 52.1 Å². The summed E-state index contributed by atoms with van der Waals surface area (Å²) in [6.45, 7) is 3.68. The van der Waals surface area contributed by atoms with Crippen LogP contribution in [0.1, 0.15) is 71.6 Å². The Hall–Kier alpha value is -6.39. The second kappa shape index (κ2) is 31.4. The fraction of sp³-hybridized carbons (Fsp3) is 0.358. The normalized spacial score (nSPS) is 23.0. The number of hydrogen-bond donors (Lipinski definition) is 0. The quantitative estimate of drug-likeness (QED) is 0.0315. The minimum Gasteiger partial charge on any atom is -0.463 e. The Balaban J connectivity index is 1.12. The number of hydrogen-bond acceptors (Lipinski definition) is 12. The van der Waals surface area contributed by atoms with Crippen LogP contribution in [-0.4, -0.2) is 80.6 Å². The molecule has 0 amide bonds. The Morgan fingerprint density at radius 2 is 0.646 bits per heavy atom. The molecule has 10 unspecified atom stereocenters. The van der Waals surface area contributed by atoms with Crippen molar-refractivity contribution in [2.75, 3.05) is 13.2 Å². The van der Waals surface area contributed by atoms with Crippen LogP contribution in [0.2, 0.25) is 0 Å². The van der Waals surface area contributed by atoms with Crippen LogP contribution in [0.5, 0.6) is 0 Å². The Labute approximate surface area is 465 Å². The van der Waals surface area contributed by atoms with Gasteiger partial charge in [-0.1, -0.05) is 232 Å². The monoisotopic (exact) mass is 1070 g/mol. The lowest BCUT2D eigenvalue weighted by atomic mass is 9.96. The van der Waals surface area contributed by atoms with E-state index in [1.807, 2.05) is 212 Å². The minimum atomic E-state index is -1.22. The van der Waals surface area contributed by atoms with Gasteiger partial charge in [0.2, 0.25) is 0 Å². The minimum absolute atomic E-state index is 0.110. The maximum atomic E-state index is 13.5. The molecule has 0 aromatic heterocycles. The molecule has 12 nitrogen and oxygen atoms in total. The molecule has 2 aliphatic heterocycles. The molecule has 7 aromatic carbocycles. The molecule has 0 aliphatic carbocycles. The van der Waals surface area contributed by atoms with E-state index < -0.39 is 61.4 Å². The fourth-order valence-corrected chi connectivity index (χ4v) is 9.74. The zero-order chi connectivity index (χ0) is 54.1. The number of benzene rings is 7. The van der Waals surface area contributed by atoms with E-state index in [1.54, 1.807) is 0 Å². The largest absolute Gasteiger partial charge is 0.463 e. The molecule has 2 saturated heterocycles. The van der Waals surface area contributed by atoms with Crippen LogP contribution in [0.25, 0.3) is 0 Å². The van der Waals surface area contributed by atoms with Crippen LogP contribution < -0.4 is 0 Å². The van der Waals surface area contributed by atoms with Crippen LogP contribution in [0.4, 0.5) is 0 Å². The fourth-order valence-electron chi connectivity index (χ4n) is 9.74. The van der Waals surface area contributed by atoms with Crippen molar-refractivity contribution in [2.24, 2.45) is 0 Å². The topological polar surface area (TPSA) is 119 Å². The van der Waals surface area contributed by atoms with E-state index >= 15 is 0 Å². The van der Waals surface area contributed by atoms with E-state index in [9.17, 15) is 4.79 Å². The number of ether oxygens (including phenoxy) is 11. The molecule has 12 heteroatoms. The van der Waals surface area contributed by atoms with Crippen molar-refractivity contribution in [2.45, 2.75) is 140 Å². The van der Waals surface area contributed by atoms with Crippen molar-refractivity contribution in [3.8, 4) is 0 Å². The van der Waals surface area contributed by atoms with Gasteiger partial charge in [0.25, 0.3) is 0 Å². The third-order valence-corrected chi connectivity index (χ3v) is 13.9. The van der Waals surface area contributed by atoms with Gasteiger partial charge >= 0.3 is 5.97 Å². The molecule has 9 rings (SSSR count). The summed E-state index contributed by atoms with van der Waals surface area (Å²) in [4.78, 5) is 13.5. The van der Waals surface area contributed by atoms with Crippen molar-refractivity contribution in [3.05, 3.63) is 251 Å². The average molecular weight is 1070 g/mol. The second-order valence-electron chi connectivity index (χ2n) is 19.9. The third kappa shape index (κ3) is 17.8. The third-order valence-electron chi connectivity index (χ3n) is 13.9. The summed E-state index contributed by atoms with van der Waals surface area (Å²) in [5.74, 6) is -0.330. The highest BCUT2D eigenvalue weighted by molar-refractivity contribution is 5.69. The lowest BCUT2D eigenvalue weighted by Crippen LogP contribution is -2.66. The summed E-state index contributed by atoms with van der Waals surface area (Å²) in [5, 5.41) is 0. The molecule has 7 aromatic rings. The summed E-state index contributed by atoms with van der Waals surface area (Å²) >= 11 is 0. The molecule has 2 aliphatic rings. The van der Waals surface area contributed by atoms with Gasteiger partial charge in [0.1, 0.15) is 55.4 Å². The van der Waals surface area contributed by atoms with Crippen molar-refractivity contribution in [1.82, 2.24) is 0 Å². The summed E-state index contributed by atoms with van der Waals surface area (Å²) in [7, 11) is 0. The zero-order valence-corrected chi connectivity index (χ0v) is 45.1. The van der Waals surface area contributed by atoms with E-state index in [0.29, 0.717) is 13.0 Å². The first-order chi connectivity index (χ1) is 39.1. The van der Waals surface area contributed by atoms with Crippen LogP contribution in [-0.2, 0) is 103 Å². The van der Waals surface area contributed by atoms with Crippen LogP contribution in [0.3, 0.4) is 0 Å². The first kappa shape index (κ1) is 57.3. The van der Waals surface area contributed by atoms with E-state index in [4.69, 9.17) is 52.1 Å². The molecule has 2 fully saturated rings. The zero-order valence-electron chi connectivity index (χ0n) is 45.1. The lowest BCUT2D eigenvalue weighted by Gasteiger charge is -2.49. The molecular formula is C67H74O12. The predicted molar refractivity (Wildman–Crippen MR) is 300 cm³/mol. The van der Waals surface area contributed by atoms with Gasteiger partial charge in [0.15, 0.2) is 12.6 Å². The number of carbonyl (C=O) groups excluding carboxylic acids is 1. The Kier molecular flexibility index (Phi) is 22.8. The van der Waals surface area contributed by atoms with E-state index in [0.717, 1.165) is 51.8 Å². The number of rotatable bonds is 30. The highest BCUT2D eigenvalue weighted by atomic mass is 16.8. The number of esters is 1. The maximum Gasteiger partial charge on any atom is 0.305 e. The average Bonchev–Trinajstić information content (AvgIpc) is 3.58. The van der Waals surface area contributed by atoms with E-state index in [2.05, 4.69) is 6.92 Å². The van der Waals surface area contributed by atoms with Crippen molar-refractivity contribution >= 4 is 5.97 Å². The molecule has 0 N–H and O–H groups in total.